The molecule has 0 saturated carbocycles. The minimum absolute atomic E-state index is 0.154. The molecule has 0 N–H and O–H groups in total. The van der Waals surface area contributed by atoms with Crippen LogP contribution in [0.2, 0.25) is 0 Å². The van der Waals surface area contributed by atoms with E-state index < -0.39 is 119 Å². The van der Waals surface area contributed by atoms with Crippen molar-refractivity contribution in [2.75, 3.05) is 4.90 Å². The maximum absolute atomic E-state index is 10.9. The topological polar surface area (TPSA) is 13.1 Å². The molecule has 0 fully saturated rings. The minimum Gasteiger partial charge on any atom is -0.310 e. The molecule has 0 aliphatic carbocycles. The highest BCUT2D eigenvalue weighted by Crippen LogP contribution is 2.55. The number of hydrogen-bond acceptors (Lipinski definition) is 2. The third-order valence-electron chi connectivity index (χ3n) is 24.3. The zero-order valence-electron chi connectivity index (χ0n) is 82.3. The van der Waals surface area contributed by atoms with Gasteiger partial charge in [0.15, 0.2) is 0 Å². The summed E-state index contributed by atoms with van der Waals surface area (Å²) < 4.78 is 149. The number of para-hydroxylation sites is 3. The molecule has 0 atom stereocenters. The highest BCUT2D eigenvalue weighted by atomic mass is 32.2. The van der Waals surface area contributed by atoms with Gasteiger partial charge in [-0.25, -0.2) is 0 Å². The Kier molecular flexibility index (Phi) is 14.4. The molecule has 3 nitrogen and oxygen atoms in total. The Labute approximate surface area is 743 Å². The van der Waals surface area contributed by atoms with Crippen molar-refractivity contribution in [2.24, 2.45) is 0 Å². The third-order valence-corrected chi connectivity index (χ3v) is 25.5. The van der Waals surface area contributed by atoms with E-state index in [4.69, 9.17) is 5.48 Å². The van der Waals surface area contributed by atoms with Gasteiger partial charge < -0.3 is 14.0 Å². The summed E-state index contributed by atoms with van der Waals surface area (Å²) in [4.78, 5) is 4.44. The molecule has 21 aromatic rings. The van der Waals surface area contributed by atoms with E-state index in [1.165, 1.54) is 0 Å². The summed E-state index contributed by atoms with van der Waals surface area (Å²) in [7, 11) is 0. The van der Waals surface area contributed by atoms with Gasteiger partial charge in [0.05, 0.1) is 48.3 Å². The fraction of sp³-hybridized carbons (Fsp3) is 0.0339. The fourth-order valence-corrected chi connectivity index (χ4v) is 19.7. The first-order valence-corrected chi connectivity index (χ1v) is 42.3. The Morgan fingerprint density at radius 1 is 0.268 bits per heavy atom. The Balaban J connectivity index is 0.892. The van der Waals surface area contributed by atoms with Crippen molar-refractivity contribution in [2.45, 2.75) is 36.0 Å². The van der Waals surface area contributed by atoms with Crippen LogP contribution in [0.15, 0.2) is 452 Å². The summed E-state index contributed by atoms with van der Waals surface area (Å²) in [5.41, 5.74) is 25.6. The molecule has 123 heavy (non-hydrogen) atoms. The monoisotopic (exact) mass is 1600 g/mol. The van der Waals surface area contributed by atoms with Crippen molar-refractivity contribution in [1.29, 1.82) is 0 Å². The maximum Gasteiger partial charge on any atom is 0.249 e. The summed E-state index contributed by atoms with van der Waals surface area (Å²) in [5, 5.41) is -1.08. The van der Waals surface area contributed by atoms with Crippen LogP contribution in [-0.2, 0) is 5.41 Å². The van der Waals surface area contributed by atoms with Gasteiger partial charge in [-0.05, 0) is 260 Å². The van der Waals surface area contributed by atoms with Crippen LogP contribution in [0.1, 0.15) is 46.9 Å². The van der Waals surface area contributed by atoms with Crippen molar-refractivity contribution in [3.63, 3.8) is 0 Å². The van der Waals surface area contributed by atoms with Gasteiger partial charge in [0.25, 0.3) is 0 Å². The van der Waals surface area contributed by atoms with Crippen LogP contribution in [0.4, 0.5) is 17.1 Å². The molecule has 23 rings (SSSR count). The van der Waals surface area contributed by atoms with Crippen LogP contribution in [0.3, 0.4) is 0 Å². The number of hydrogen-bond donors (Lipinski definition) is 0. The van der Waals surface area contributed by atoms with E-state index >= 15 is 0 Å². The van der Waals surface area contributed by atoms with Crippen LogP contribution in [0.5, 0.6) is 0 Å². The van der Waals surface area contributed by atoms with E-state index in [-0.39, 0.29) is 38.3 Å². The number of aromatic nitrogens is 2. The minimum atomic E-state index is -0.737. The van der Waals surface area contributed by atoms with Gasteiger partial charge in [-0.15, -0.1) is 0 Å². The molecule has 0 unspecified atom stereocenters. The lowest BCUT2D eigenvalue weighted by atomic mass is 9.34. The number of anilines is 3. The van der Waals surface area contributed by atoms with E-state index in [1.54, 1.807) is 16.3 Å². The molecule has 578 valence electrons. The average molecular weight is 1600 g/mol. The molecule has 0 saturated heterocycles. The van der Waals surface area contributed by atoms with Gasteiger partial charge in [0.2, 0.25) is 6.71 Å². The van der Waals surface area contributed by atoms with Crippen LogP contribution < -0.4 is 21.3 Å². The normalized spacial score (nSPS) is 14.0. The Morgan fingerprint density at radius 3 is 1.08 bits per heavy atom. The predicted molar refractivity (Wildman–Crippen MR) is 524 cm³/mol. The number of nitrogens with zero attached hydrogens (tertiary/aromatic N) is 3. The van der Waals surface area contributed by atoms with Crippen molar-refractivity contribution < 1.29 is 20.6 Å². The van der Waals surface area contributed by atoms with Gasteiger partial charge >= 0.3 is 0 Å². The zero-order valence-corrected chi connectivity index (χ0v) is 68.1. The third kappa shape index (κ3) is 12.9. The smallest absolute Gasteiger partial charge is 0.249 e. The lowest BCUT2D eigenvalue weighted by molar-refractivity contribution is 0.589. The lowest BCUT2D eigenvalue weighted by Crippen LogP contribution is -2.60. The molecule has 19 aromatic carbocycles. The highest BCUT2D eigenvalue weighted by molar-refractivity contribution is 8.00. The van der Waals surface area contributed by atoms with E-state index in [9.17, 15) is 15.1 Å². The standard InChI is InChI=1S/C118H82BN3S/c1-118(2,3)96-73-113-115-114(74-96)123-117-104(95-67-90(81-41-19-8-20-42-81)64-91(68-95)82-43-21-9-22-44-82)71-94(92-65-88(79-37-15-6-16-38-79)63-89(66-92)80-39-17-7-18-40-80)72-107(117)119(115)106-59-57-98(121-110-56-30-27-53-101(110)105-75-97(58-60-111(105)121)120-108-54-28-25-51-99(108)100-52-26-29-55-109(100)120)76-112(106)122(113)116-102(86-49-31-47-84(61-86)77-33-11-4-12-34-77)69-93(83-45-23-10-24-46-83)70-103(116)87-50-32-48-85(62-87)78-35-13-5-14-36-78/h4-76H,1-3H3/i25D,26D,27D,28D,29D,30D,51D,52D,53D,54D,55D,56D,58D,60D,75D. The SMILES string of the molecule is [2H]c1c([2H])c([2H])c2c(c1[2H])c1c([2H])c(-n3c4c([2H])c([2H])c([2H])c([2H])c4c4c([2H])c([2H])c([2H])c([2H])c43)c([2H])c([2H])c1n2-c1ccc2c(c1)N(c1c(-c3cccc(-c4ccccc4)c3)cc(-c3ccccc3)cc1-c1cccc(-c3ccccc3)c1)c1cc(C(C)(C)C)cc3c1B2c1cc(-c2cc(-c4ccccc4)cc(-c4ccccc4)c2)cc(-c2cc(-c4ccccc4)cc(-c4ccccc4)c2)c1S3. The molecule has 2 aliphatic rings. The number of fused-ring (bicyclic) bond motifs is 10. The van der Waals surface area contributed by atoms with Crippen molar-refractivity contribution in [3.05, 3.63) is 448 Å². The Bertz CT molecular complexity index is 8400. The van der Waals surface area contributed by atoms with E-state index in [0.29, 0.717) is 5.69 Å². The molecular weight excluding hydrogens is 1500 g/mol. The summed E-state index contributed by atoms with van der Waals surface area (Å²) in [6.07, 6.45) is 0. The number of rotatable bonds is 14. The first-order chi connectivity index (χ1) is 66.8. The quantitative estimate of drug-likeness (QED) is 0.101. The molecular formula is C118H82BN3S. The molecule has 2 aliphatic heterocycles. The van der Waals surface area contributed by atoms with Gasteiger partial charge in [0, 0.05) is 65.2 Å². The largest absolute Gasteiger partial charge is 0.310 e. The second-order valence-corrected chi connectivity index (χ2v) is 33.8. The fourth-order valence-electron chi connectivity index (χ4n) is 18.4. The second kappa shape index (κ2) is 30.1. The summed E-state index contributed by atoms with van der Waals surface area (Å²) >= 11 is 1.77. The first-order valence-electron chi connectivity index (χ1n) is 49.0. The van der Waals surface area contributed by atoms with Gasteiger partial charge in [-0.1, -0.05) is 353 Å². The van der Waals surface area contributed by atoms with Crippen LogP contribution in [-0.4, -0.2) is 15.8 Å². The molecule has 4 heterocycles. The van der Waals surface area contributed by atoms with Gasteiger partial charge in [-0.3, -0.25) is 0 Å². The molecule has 0 bridgehead atoms. The van der Waals surface area contributed by atoms with Gasteiger partial charge in [0.1, 0.15) is 0 Å². The predicted octanol–water partition coefficient (Wildman–Crippen LogP) is 30.3. The van der Waals surface area contributed by atoms with Crippen LogP contribution >= 0.6 is 11.8 Å². The van der Waals surface area contributed by atoms with Crippen molar-refractivity contribution in [1.82, 2.24) is 9.13 Å². The van der Waals surface area contributed by atoms with E-state index in [2.05, 4.69) is 299 Å². The summed E-state index contributed by atoms with van der Waals surface area (Å²) in [6, 6.07) is 115. The van der Waals surface area contributed by atoms with E-state index in [1.807, 2.05) is 78.9 Å². The highest BCUT2D eigenvalue weighted by Gasteiger charge is 2.45. The first kappa shape index (κ1) is 58.8. The lowest BCUT2D eigenvalue weighted by Gasteiger charge is -2.43. The van der Waals surface area contributed by atoms with Crippen LogP contribution in [0, 0.1) is 0 Å². The molecule has 0 spiro atoms. The van der Waals surface area contributed by atoms with Crippen molar-refractivity contribution in [3.8, 4) is 134 Å². The van der Waals surface area contributed by atoms with E-state index in [0.717, 1.165) is 170 Å². The maximum atomic E-state index is 10.9. The molecule has 2 aromatic heterocycles. The summed E-state index contributed by atoms with van der Waals surface area (Å²) in [5.74, 6) is 0. The average Bonchev–Trinajstić information content (AvgIpc) is 1.44. The van der Waals surface area contributed by atoms with Crippen molar-refractivity contribution >= 4 is 95.5 Å². The number of benzene rings is 19. The van der Waals surface area contributed by atoms with Gasteiger partial charge in [-0.2, -0.15) is 0 Å². The Hall–Kier alpha value is -15.0. The van der Waals surface area contributed by atoms with Crippen LogP contribution in [0.25, 0.3) is 177 Å². The summed E-state index contributed by atoms with van der Waals surface area (Å²) in [6.45, 7) is 6.09. The zero-order chi connectivity index (χ0) is 94.9. The molecule has 5 heteroatoms. The molecule has 0 radical (unpaired) electrons. The molecule has 0 amide bonds. The Morgan fingerprint density at radius 2 is 0.626 bits per heavy atom. The second-order valence-electron chi connectivity index (χ2n) is 32.7.